The van der Waals surface area contributed by atoms with Gasteiger partial charge in [-0.2, -0.15) is 26.3 Å². The van der Waals surface area contributed by atoms with Crippen molar-refractivity contribution < 1.29 is 55.4 Å². The van der Waals surface area contributed by atoms with Crippen LogP contribution in [-0.4, -0.2) is 80.4 Å². The van der Waals surface area contributed by atoms with Crippen LogP contribution in [-0.2, 0) is 16.1 Å². The van der Waals surface area contributed by atoms with E-state index in [4.69, 9.17) is 24.2 Å². The van der Waals surface area contributed by atoms with Crippen LogP contribution >= 0.6 is 0 Å². The zero-order valence-corrected chi connectivity index (χ0v) is 19.8. The molecule has 0 aliphatic carbocycles. The van der Waals surface area contributed by atoms with Crippen molar-refractivity contribution in [1.82, 2.24) is 14.8 Å². The molecule has 1 amide bonds. The molecular formula is C23H25F6N3O6. The number of carboxylic acid groups (broad SMARTS) is 2. The van der Waals surface area contributed by atoms with Crippen LogP contribution in [0.25, 0.3) is 0 Å². The molecule has 0 bridgehead atoms. The quantitative estimate of drug-likeness (QED) is 0.542. The molecule has 2 aromatic rings. The van der Waals surface area contributed by atoms with Crippen LogP contribution in [0.3, 0.4) is 0 Å². The van der Waals surface area contributed by atoms with Crippen LogP contribution in [0.15, 0.2) is 47.3 Å². The number of rotatable bonds is 3. The number of likely N-dealkylation sites (tertiary alicyclic amines) is 2. The summed E-state index contributed by atoms with van der Waals surface area (Å²) in [5.74, 6) is -4.99. The van der Waals surface area contributed by atoms with Gasteiger partial charge < -0.3 is 19.5 Å². The predicted molar refractivity (Wildman–Crippen MR) is 118 cm³/mol. The summed E-state index contributed by atoms with van der Waals surface area (Å²) in [5, 5.41) is 14.2. The molecular weight excluding hydrogens is 528 g/mol. The summed E-state index contributed by atoms with van der Waals surface area (Å²) < 4.78 is 68.8. The van der Waals surface area contributed by atoms with Gasteiger partial charge in [-0.05, 0) is 49.4 Å². The summed E-state index contributed by atoms with van der Waals surface area (Å²) in [5.41, 5.74) is 1.28. The highest BCUT2D eigenvalue weighted by atomic mass is 19.4. The van der Waals surface area contributed by atoms with Crippen molar-refractivity contribution in [2.24, 2.45) is 0 Å². The first-order valence-corrected chi connectivity index (χ1v) is 11.2. The van der Waals surface area contributed by atoms with Gasteiger partial charge in [0, 0.05) is 44.1 Å². The molecule has 0 radical (unpaired) electrons. The number of nitrogens with zero attached hydrogens (tertiary/aromatic N) is 3. The van der Waals surface area contributed by atoms with Crippen LogP contribution in [0.5, 0.6) is 0 Å². The smallest absolute Gasteiger partial charge is 0.475 e. The molecule has 4 heterocycles. The average molecular weight is 553 g/mol. The van der Waals surface area contributed by atoms with E-state index in [2.05, 4.69) is 20.9 Å². The monoisotopic (exact) mass is 553 g/mol. The van der Waals surface area contributed by atoms with E-state index in [0.717, 1.165) is 51.9 Å². The Morgan fingerprint density at radius 3 is 1.95 bits per heavy atom. The third kappa shape index (κ3) is 8.75. The second-order valence-electron chi connectivity index (χ2n) is 8.51. The first kappa shape index (κ1) is 30.6. The Morgan fingerprint density at radius 2 is 1.50 bits per heavy atom. The Balaban J connectivity index is 0.000000301. The largest absolute Gasteiger partial charge is 0.490 e. The summed E-state index contributed by atoms with van der Waals surface area (Å²) in [7, 11) is 0. The number of furan rings is 1. The number of hydrogen-bond donors (Lipinski definition) is 2. The molecule has 0 atom stereocenters. The van der Waals surface area contributed by atoms with E-state index >= 15 is 0 Å². The van der Waals surface area contributed by atoms with Gasteiger partial charge in [0.1, 0.15) is 0 Å². The van der Waals surface area contributed by atoms with E-state index in [-0.39, 0.29) is 11.4 Å². The minimum atomic E-state index is -5.08. The lowest BCUT2D eigenvalue weighted by molar-refractivity contribution is -0.193. The zero-order valence-electron chi connectivity index (χ0n) is 19.8. The number of halogens is 6. The molecule has 2 aromatic heterocycles. The molecule has 0 unspecified atom stereocenters. The lowest BCUT2D eigenvalue weighted by atomic mass is 9.84. The van der Waals surface area contributed by atoms with Gasteiger partial charge in [0.25, 0.3) is 5.91 Å². The van der Waals surface area contributed by atoms with Gasteiger partial charge in [-0.15, -0.1) is 0 Å². The summed E-state index contributed by atoms with van der Waals surface area (Å²) in [6.07, 6.45) is -0.556. The van der Waals surface area contributed by atoms with Gasteiger partial charge in [0.05, 0.1) is 6.26 Å². The number of pyridine rings is 1. The van der Waals surface area contributed by atoms with Crippen molar-refractivity contribution in [1.29, 1.82) is 0 Å². The second kappa shape index (κ2) is 12.8. The number of hydrogen-bond acceptors (Lipinski definition) is 6. The van der Waals surface area contributed by atoms with E-state index in [1.165, 1.54) is 5.56 Å². The van der Waals surface area contributed by atoms with Crippen LogP contribution in [0, 0.1) is 0 Å². The third-order valence-corrected chi connectivity index (χ3v) is 5.97. The molecule has 2 aliphatic heterocycles. The van der Waals surface area contributed by atoms with Gasteiger partial charge in [0.15, 0.2) is 5.76 Å². The highest BCUT2D eigenvalue weighted by Gasteiger charge is 2.46. The van der Waals surface area contributed by atoms with Crippen molar-refractivity contribution in [3.8, 4) is 0 Å². The van der Waals surface area contributed by atoms with Gasteiger partial charge in [-0.3, -0.25) is 14.7 Å². The molecule has 2 fully saturated rings. The Kier molecular flexibility index (Phi) is 10.3. The zero-order chi connectivity index (χ0) is 28.6. The molecule has 2 saturated heterocycles. The number of aliphatic carboxylic acids is 2. The lowest BCUT2D eigenvalue weighted by Crippen LogP contribution is -2.53. The fourth-order valence-electron chi connectivity index (χ4n) is 4.19. The molecule has 2 N–H and O–H groups in total. The first-order valence-electron chi connectivity index (χ1n) is 11.2. The Bertz CT molecular complexity index is 1030. The number of amides is 1. The number of piperidine rings is 1. The van der Waals surface area contributed by atoms with Crippen LogP contribution in [0.1, 0.15) is 41.8 Å². The molecule has 210 valence electrons. The fraction of sp³-hybridized carbons (Fsp3) is 0.478. The second-order valence-corrected chi connectivity index (χ2v) is 8.51. The van der Waals surface area contributed by atoms with Gasteiger partial charge in [-0.1, -0.05) is 6.07 Å². The average Bonchev–Trinajstić information content (AvgIpc) is 3.51. The van der Waals surface area contributed by atoms with E-state index in [9.17, 15) is 31.1 Å². The Hall–Kier alpha value is -3.62. The molecule has 15 heteroatoms. The number of carbonyl (C=O) groups is 3. The van der Waals surface area contributed by atoms with Gasteiger partial charge in [0.2, 0.25) is 0 Å². The lowest BCUT2D eigenvalue weighted by Gasteiger charge is -2.44. The van der Waals surface area contributed by atoms with E-state index in [1.54, 1.807) is 18.4 Å². The molecule has 2 aliphatic rings. The molecule has 38 heavy (non-hydrogen) atoms. The van der Waals surface area contributed by atoms with Crippen LogP contribution in [0.2, 0.25) is 0 Å². The molecule has 4 rings (SSSR count). The summed E-state index contributed by atoms with van der Waals surface area (Å²) in [6.45, 7) is 3.84. The number of carbonyl (C=O) groups excluding carboxylic acids is 1. The number of aromatic nitrogens is 1. The number of alkyl halides is 6. The SMILES string of the molecule is O=C(O)C(F)(F)F.O=C(O)C(F)(F)F.O=C(c1ccco1)N1CCCC12CCN(Cc1cccnc1)CC2. The molecule has 1 spiro atoms. The maximum Gasteiger partial charge on any atom is 0.490 e. The molecule has 0 aromatic carbocycles. The third-order valence-electron chi connectivity index (χ3n) is 5.97. The van der Waals surface area contributed by atoms with Crippen molar-refractivity contribution >= 4 is 17.8 Å². The van der Waals surface area contributed by atoms with E-state index in [1.807, 2.05) is 18.5 Å². The summed E-state index contributed by atoms with van der Waals surface area (Å²) in [6, 6.07) is 7.67. The summed E-state index contributed by atoms with van der Waals surface area (Å²) >= 11 is 0. The van der Waals surface area contributed by atoms with E-state index in [0.29, 0.717) is 5.76 Å². The number of carboxylic acids is 2. The maximum atomic E-state index is 12.8. The Morgan fingerprint density at radius 1 is 0.921 bits per heavy atom. The van der Waals surface area contributed by atoms with Crippen molar-refractivity contribution in [3.63, 3.8) is 0 Å². The maximum absolute atomic E-state index is 12.8. The van der Waals surface area contributed by atoms with Crippen LogP contribution in [0.4, 0.5) is 26.3 Å². The fourth-order valence-corrected chi connectivity index (χ4v) is 4.19. The molecule has 9 nitrogen and oxygen atoms in total. The summed E-state index contributed by atoms with van der Waals surface area (Å²) in [4.78, 5) is 39.3. The first-order chi connectivity index (χ1) is 17.7. The predicted octanol–water partition coefficient (Wildman–Crippen LogP) is 4.21. The van der Waals surface area contributed by atoms with Crippen LogP contribution < -0.4 is 0 Å². The highest BCUT2D eigenvalue weighted by Crippen LogP contribution is 2.39. The minimum absolute atomic E-state index is 0.0231. The topological polar surface area (TPSA) is 124 Å². The molecule has 0 saturated carbocycles. The normalized spacial score (nSPS) is 17.2. The minimum Gasteiger partial charge on any atom is -0.475 e. The standard InChI is InChI=1S/C19H23N3O2.2C2HF3O2/c23-18(17-5-2-13-24-17)22-10-3-6-19(22)7-11-21(12-8-19)15-16-4-1-9-20-14-16;2*3-2(4,5)1(6)7/h1-2,4-5,9,13-14H,3,6-8,10-12,15H2;2*(H,6,7). The van der Waals surface area contributed by atoms with Gasteiger partial charge >= 0.3 is 24.3 Å². The van der Waals surface area contributed by atoms with E-state index < -0.39 is 24.3 Å². The van der Waals surface area contributed by atoms with Crippen molar-refractivity contribution in [3.05, 3.63) is 54.2 Å². The Labute approximate surface area is 212 Å². The van der Waals surface area contributed by atoms with Crippen molar-refractivity contribution in [2.75, 3.05) is 19.6 Å². The van der Waals surface area contributed by atoms with Crippen molar-refractivity contribution in [2.45, 2.75) is 50.1 Å². The van der Waals surface area contributed by atoms with Gasteiger partial charge in [-0.25, -0.2) is 9.59 Å². The highest BCUT2D eigenvalue weighted by molar-refractivity contribution is 5.92.